The second-order valence-corrected chi connectivity index (χ2v) is 10.8. The van der Waals surface area contributed by atoms with Crippen molar-refractivity contribution in [1.29, 1.82) is 0 Å². The molecule has 1 aromatic heterocycles. The van der Waals surface area contributed by atoms with Gasteiger partial charge in [-0.2, -0.15) is 13.2 Å². The number of alkyl halides is 3. The number of rotatable bonds is 10. The van der Waals surface area contributed by atoms with E-state index in [1.54, 1.807) is 6.07 Å². The van der Waals surface area contributed by atoms with Crippen molar-refractivity contribution in [3.05, 3.63) is 98.2 Å². The van der Waals surface area contributed by atoms with Crippen LogP contribution < -0.4 is 16.2 Å². The van der Waals surface area contributed by atoms with Crippen LogP contribution in [0.3, 0.4) is 0 Å². The summed E-state index contributed by atoms with van der Waals surface area (Å²) < 4.78 is 84.1. The van der Waals surface area contributed by atoms with E-state index in [9.17, 15) is 31.5 Å². The summed E-state index contributed by atoms with van der Waals surface area (Å²) in [6.07, 6.45) is -4.05. The molecule has 1 aliphatic rings. The lowest BCUT2D eigenvalue weighted by Crippen LogP contribution is -2.39. The Labute approximate surface area is 251 Å². The number of halogens is 5. The molecule has 0 saturated carbocycles. The number of hydrogen-bond acceptors (Lipinski definition) is 5. The number of anilines is 1. The van der Waals surface area contributed by atoms with E-state index < -0.39 is 52.0 Å². The first-order chi connectivity index (χ1) is 20.7. The summed E-state index contributed by atoms with van der Waals surface area (Å²) >= 11 is 0. The predicted octanol–water partition coefficient (Wildman–Crippen LogP) is 6.40. The average Bonchev–Trinajstić information content (AvgIpc) is 3.45. The Morgan fingerprint density at radius 2 is 1.77 bits per heavy atom. The Hall–Kier alpha value is -4.19. The smallest absolute Gasteiger partial charge is 0.417 e. The highest BCUT2D eigenvalue weighted by Crippen LogP contribution is 2.40. The molecule has 4 rings (SSSR count). The van der Waals surface area contributed by atoms with Crippen LogP contribution in [0.2, 0.25) is 0 Å². The van der Waals surface area contributed by atoms with Gasteiger partial charge >= 0.3 is 6.18 Å². The van der Waals surface area contributed by atoms with E-state index >= 15 is 0 Å². The maximum atomic E-state index is 14.9. The number of benzene rings is 2. The van der Waals surface area contributed by atoms with Gasteiger partial charge in [-0.3, -0.25) is 9.59 Å². The Morgan fingerprint density at radius 3 is 2.36 bits per heavy atom. The van der Waals surface area contributed by atoms with Crippen LogP contribution in [-0.2, 0) is 42.3 Å². The number of pyridine rings is 1. The van der Waals surface area contributed by atoms with Gasteiger partial charge in [0.05, 0.1) is 37.5 Å². The summed E-state index contributed by atoms with van der Waals surface area (Å²) in [5.74, 6) is -3.08. The first kappa shape index (κ1) is 32.7. The first-order valence-corrected chi connectivity index (χ1v) is 14.0. The second kappa shape index (κ2) is 12.8. The third kappa shape index (κ3) is 6.50. The molecule has 0 saturated heterocycles. The fourth-order valence-corrected chi connectivity index (χ4v) is 5.17. The molecule has 12 heteroatoms. The third-order valence-electron chi connectivity index (χ3n) is 7.94. The summed E-state index contributed by atoms with van der Waals surface area (Å²) in [4.78, 5) is 26.3. The number of nitrogens with one attached hydrogen (secondary N) is 2. The third-order valence-corrected chi connectivity index (χ3v) is 7.94. The molecule has 2 aromatic carbocycles. The number of ether oxygens (including phenoxy) is 2. The minimum absolute atomic E-state index is 0.0132. The molecule has 0 aliphatic carbocycles. The molecule has 1 amide bonds. The van der Waals surface area contributed by atoms with Gasteiger partial charge in [-0.05, 0) is 60.7 Å². The molecule has 44 heavy (non-hydrogen) atoms. The fraction of sp³-hybridized carbons (Fsp3) is 0.375. The monoisotopic (exact) mass is 619 g/mol. The van der Waals surface area contributed by atoms with Crippen LogP contribution >= 0.6 is 0 Å². The molecule has 2 N–H and O–H groups in total. The number of amides is 1. The van der Waals surface area contributed by atoms with Crippen molar-refractivity contribution in [3.8, 4) is 11.1 Å². The molecule has 2 heterocycles. The maximum Gasteiger partial charge on any atom is 0.417 e. The highest BCUT2D eigenvalue weighted by molar-refractivity contribution is 5.95. The Balaban J connectivity index is 1.70. The van der Waals surface area contributed by atoms with Crippen LogP contribution in [0.15, 0.2) is 47.5 Å². The van der Waals surface area contributed by atoms with E-state index in [1.807, 2.05) is 13.8 Å². The molecule has 0 fully saturated rings. The minimum atomic E-state index is -4.78. The molecular formula is C32H34F5N3O4. The number of nitrogens with zero attached hydrogens (tertiary/aromatic N) is 1. The molecule has 3 aromatic rings. The largest absolute Gasteiger partial charge is 0.500 e. The van der Waals surface area contributed by atoms with E-state index in [1.165, 1.54) is 27.1 Å². The van der Waals surface area contributed by atoms with Crippen molar-refractivity contribution < 1.29 is 36.2 Å². The molecule has 2 atom stereocenters. The SMILES string of the molecule is C=C(OC)[C@H](Cc1ccc(-c2c(C(F)(F)F)cc(C)n(C)c2=O)c2c1COC2)NC(=O)c1c(F)cc(N[C@@H](C)CC)cc1F. The van der Waals surface area contributed by atoms with Gasteiger partial charge < -0.3 is 24.7 Å². The molecule has 0 bridgehead atoms. The number of aryl methyl sites for hydroxylation is 1. The van der Waals surface area contributed by atoms with Gasteiger partial charge in [0.25, 0.3) is 11.5 Å². The van der Waals surface area contributed by atoms with E-state index in [-0.39, 0.29) is 48.4 Å². The zero-order valence-electron chi connectivity index (χ0n) is 25.0. The van der Waals surface area contributed by atoms with E-state index in [4.69, 9.17) is 9.47 Å². The lowest BCUT2D eigenvalue weighted by atomic mass is 9.89. The first-order valence-electron chi connectivity index (χ1n) is 14.0. The van der Waals surface area contributed by atoms with Crippen molar-refractivity contribution >= 4 is 11.6 Å². The Bertz CT molecular complexity index is 1640. The van der Waals surface area contributed by atoms with Gasteiger partial charge in [0.2, 0.25) is 0 Å². The van der Waals surface area contributed by atoms with Crippen LogP contribution in [0.1, 0.15) is 58.6 Å². The van der Waals surface area contributed by atoms with E-state index in [0.717, 1.165) is 22.8 Å². The average molecular weight is 620 g/mol. The van der Waals surface area contributed by atoms with Gasteiger partial charge in [0.1, 0.15) is 23.0 Å². The minimum Gasteiger partial charge on any atom is -0.500 e. The van der Waals surface area contributed by atoms with Crippen molar-refractivity contribution in [1.82, 2.24) is 9.88 Å². The zero-order valence-corrected chi connectivity index (χ0v) is 25.0. The summed E-state index contributed by atoms with van der Waals surface area (Å²) in [5.41, 5.74) is -1.17. The molecule has 7 nitrogen and oxygen atoms in total. The lowest BCUT2D eigenvalue weighted by Gasteiger charge is -2.23. The highest BCUT2D eigenvalue weighted by Gasteiger charge is 2.37. The topological polar surface area (TPSA) is 81.6 Å². The number of hydrogen-bond donors (Lipinski definition) is 2. The van der Waals surface area contributed by atoms with Gasteiger partial charge in [-0.1, -0.05) is 25.6 Å². The quantitative estimate of drug-likeness (QED) is 0.203. The molecule has 236 valence electrons. The zero-order chi connectivity index (χ0) is 32.5. The normalized spacial score (nSPS) is 14.1. The molecular weight excluding hydrogens is 585 g/mol. The molecule has 0 spiro atoms. The summed E-state index contributed by atoms with van der Waals surface area (Å²) in [6.45, 7) is 8.99. The van der Waals surface area contributed by atoms with Crippen LogP contribution in [0.25, 0.3) is 11.1 Å². The van der Waals surface area contributed by atoms with E-state index in [2.05, 4.69) is 17.2 Å². The van der Waals surface area contributed by atoms with Crippen LogP contribution in [0.5, 0.6) is 0 Å². The molecule has 0 unspecified atom stereocenters. The predicted molar refractivity (Wildman–Crippen MR) is 156 cm³/mol. The van der Waals surface area contributed by atoms with E-state index in [0.29, 0.717) is 23.1 Å². The van der Waals surface area contributed by atoms with Crippen molar-refractivity contribution in [3.63, 3.8) is 0 Å². The van der Waals surface area contributed by atoms with Crippen LogP contribution in [0.4, 0.5) is 27.6 Å². The lowest BCUT2D eigenvalue weighted by molar-refractivity contribution is -0.137. The second-order valence-electron chi connectivity index (χ2n) is 10.8. The summed E-state index contributed by atoms with van der Waals surface area (Å²) in [5, 5.41) is 5.53. The number of fused-ring (bicyclic) bond motifs is 1. The van der Waals surface area contributed by atoms with Crippen molar-refractivity contribution in [2.45, 2.75) is 65.1 Å². The fourth-order valence-electron chi connectivity index (χ4n) is 5.17. The van der Waals surface area contributed by atoms with Crippen LogP contribution in [-0.4, -0.2) is 29.7 Å². The number of aromatic nitrogens is 1. The Morgan fingerprint density at radius 1 is 1.14 bits per heavy atom. The number of carbonyl (C=O) groups excluding carboxylic acids is 1. The highest BCUT2D eigenvalue weighted by atomic mass is 19.4. The Kier molecular flexibility index (Phi) is 9.53. The van der Waals surface area contributed by atoms with Gasteiger partial charge in [0, 0.05) is 30.9 Å². The standard InChI is InChI=1S/C32H34F5N3O4/c1-7-16(2)38-20-12-25(33)29(26(34)13-20)30(41)39-27(18(4)43-6)11-19-8-9-21(23-15-44-14-22(19)23)28-24(32(35,36)37)10-17(3)40(5)31(28)42/h8-10,12-13,16,27,38H,4,7,11,14-15H2,1-3,5-6H3,(H,39,41)/t16-,27-/m0/s1. The maximum absolute atomic E-state index is 14.9. The number of carbonyl (C=O) groups is 1. The summed E-state index contributed by atoms with van der Waals surface area (Å²) in [6, 6.07) is 4.95. The summed E-state index contributed by atoms with van der Waals surface area (Å²) in [7, 11) is 2.72. The molecule has 0 radical (unpaired) electrons. The number of methoxy groups -OCH3 is 1. The van der Waals surface area contributed by atoms with Crippen molar-refractivity contribution in [2.24, 2.45) is 7.05 Å². The molecule has 1 aliphatic heterocycles. The van der Waals surface area contributed by atoms with Gasteiger partial charge in [0.15, 0.2) is 0 Å². The van der Waals surface area contributed by atoms with Crippen LogP contribution in [0, 0.1) is 18.6 Å². The van der Waals surface area contributed by atoms with Crippen molar-refractivity contribution in [2.75, 3.05) is 12.4 Å². The van der Waals surface area contributed by atoms with Gasteiger partial charge in [-0.25, -0.2) is 8.78 Å². The van der Waals surface area contributed by atoms with Gasteiger partial charge in [-0.15, -0.1) is 0 Å².